The van der Waals surface area contributed by atoms with E-state index in [0.717, 1.165) is 5.56 Å². The van der Waals surface area contributed by atoms with Crippen molar-refractivity contribution in [2.45, 2.75) is 6.54 Å². The van der Waals surface area contributed by atoms with Crippen molar-refractivity contribution in [3.05, 3.63) is 35.9 Å². The minimum absolute atomic E-state index is 0.630. The molecule has 0 amide bonds. The summed E-state index contributed by atoms with van der Waals surface area (Å²) in [6.07, 6.45) is 6.88. The van der Waals surface area contributed by atoms with E-state index in [1.54, 1.807) is 0 Å². The fourth-order valence-corrected chi connectivity index (χ4v) is 0.757. The van der Waals surface area contributed by atoms with Crippen molar-refractivity contribution >= 4 is 0 Å². The molecule has 1 N–H and O–H groups in total. The monoisotopic (exact) mass is 147 g/mol. The third kappa shape index (κ3) is 2.74. The summed E-state index contributed by atoms with van der Waals surface area (Å²) >= 11 is 0. The first-order valence-corrected chi connectivity index (χ1v) is 3.31. The third-order valence-electron chi connectivity index (χ3n) is 1.25. The van der Waals surface area contributed by atoms with Crippen molar-refractivity contribution in [3.63, 3.8) is 0 Å². The van der Waals surface area contributed by atoms with Crippen molar-refractivity contribution in [2.75, 3.05) is 0 Å². The standard InChI is InChI=1S/C9H9NO/c1-2-11-10-8-9-6-4-3-5-7-9/h1,3-7,10H,8H2. The van der Waals surface area contributed by atoms with Crippen LogP contribution in [-0.2, 0) is 11.4 Å². The Balaban J connectivity index is 2.35. The number of rotatable bonds is 3. The van der Waals surface area contributed by atoms with E-state index in [1.807, 2.05) is 36.4 Å². The maximum Gasteiger partial charge on any atom is 0.134 e. The molecule has 0 aliphatic rings. The Morgan fingerprint density at radius 2 is 2.09 bits per heavy atom. The Morgan fingerprint density at radius 3 is 2.73 bits per heavy atom. The molecule has 0 aliphatic carbocycles. The number of hydrogen-bond donors (Lipinski definition) is 1. The smallest absolute Gasteiger partial charge is 0.134 e. The van der Waals surface area contributed by atoms with Gasteiger partial charge in [-0.3, -0.25) is 0 Å². The highest BCUT2D eigenvalue weighted by atomic mass is 16.6. The van der Waals surface area contributed by atoms with Gasteiger partial charge in [0.1, 0.15) is 6.11 Å². The first-order chi connectivity index (χ1) is 5.43. The first-order valence-electron chi connectivity index (χ1n) is 3.31. The summed E-state index contributed by atoms with van der Waals surface area (Å²) in [6.45, 7) is 0.630. The van der Waals surface area contributed by atoms with Crippen molar-refractivity contribution in [1.82, 2.24) is 5.48 Å². The number of nitrogens with one attached hydrogen (secondary N) is 1. The van der Waals surface area contributed by atoms with Crippen LogP contribution < -0.4 is 5.48 Å². The molecule has 0 saturated carbocycles. The van der Waals surface area contributed by atoms with Crippen LogP contribution in [0.4, 0.5) is 0 Å². The predicted molar refractivity (Wildman–Crippen MR) is 43.2 cm³/mol. The second-order valence-electron chi connectivity index (χ2n) is 2.03. The molecule has 2 heteroatoms. The van der Waals surface area contributed by atoms with Crippen LogP contribution in [0, 0.1) is 12.5 Å². The molecule has 56 valence electrons. The second-order valence-corrected chi connectivity index (χ2v) is 2.03. The summed E-state index contributed by atoms with van der Waals surface area (Å²) in [4.78, 5) is 4.52. The lowest BCUT2D eigenvalue weighted by atomic mass is 10.2. The fourth-order valence-electron chi connectivity index (χ4n) is 0.757. The van der Waals surface area contributed by atoms with Gasteiger partial charge in [-0.25, -0.2) is 0 Å². The average molecular weight is 147 g/mol. The number of hydroxylamine groups is 1. The highest BCUT2D eigenvalue weighted by Crippen LogP contribution is 1.96. The molecule has 0 aliphatic heterocycles. The quantitative estimate of drug-likeness (QED) is 0.395. The summed E-state index contributed by atoms with van der Waals surface area (Å²) in [7, 11) is 0. The summed E-state index contributed by atoms with van der Waals surface area (Å²) in [5.41, 5.74) is 3.76. The number of terminal acetylenes is 1. The van der Waals surface area contributed by atoms with Crippen molar-refractivity contribution in [3.8, 4) is 12.5 Å². The first kappa shape index (κ1) is 7.64. The molecule has 2 nitrogen and oxygen atoms in total. The fraction of sp³-hybridized carbons (Fsp3) is 0.111. The normalized spacial score (nSPS) is 8.64. The lowest BCUT2D eigenvalue weighted by Crippen LogP contribution is -2.09. The summed E-state index contributed by atoms with van der Waals surface area (Å²) < 4.78 is 0. The molecule has 0 radical (unpaired) electrons. The van der Waals surface area contributed by atoms with Gasteiger partial charge in [-0.15, -0.1) is 5.48 Å². The molecule has 0 spiro atoms. The summed E-state index contributed by atoms with van der Waals surface area (Å²) in [5.74, 6) is 0. The van der Waals surface area contributed by atoms with Crippen LogP contribution in [0.2, 0.25) is 0 Å². The van der Waals surface area contributed by atoms with Gasteiger partial charge < -0.3 is 4.84 Å². The van der Waals surface area contributed by atoms with Crippen LogP contribution in [0.25, 0.3) is 0 Å². The lowest BCUT2D eigenvalue weighted by molar-refractivity contribution is 0.153. The van der Waals surface area contributed by atoms with E-state index in [-0.39, 0.29) is 0 Å². The lowest BCUT2D eigenvalue weighted by Gasteiger charge is -1.99. The van der Waals surface area contributed by atoms with Crippen molar-refractivity contribution < 1.29 is 4.84 Å². The zero-order chi connectivity index (χ0) is 7.94. The molecule has 1 aromatic carbocycles. The Morgan fingerprint density at radius 1 is 1.36 bits per heavy atom. The Hall–Kier alpha value is -1.46. The van der Waals surface area contributed by atoms with Crippen LogP contribution in [0.15, 0.2) is 30.3 Å². The van der Waals surface area contributed by atoms with E-state index < -0.39 is 0 Å². The molecule has 0 saturated heterocycles. The Kier molecular flexibility index (Phi) is 3.04. The molecule has 0 atom stereocenters. The molecule has 11 heavy (non-hydrogen) atoms. The SMILES string of the molecule is C#CONCc1ccccc1. The van der Waals surface area contributed by atoms with E-state index in [1.165, 1.54) is 0 Å². The highest BCUT2D eigenvalue weighted by molar-refractivity contribution is 5.13. The summed E-state index contributed by atoms with van der Waals surface area (Å²) in [5, 5.41) is 0. The van der Waals surface area contributed by atoms with Crippen LogP contribution >= 0.6 is 0 Å². The third-order valence-corrected chi connectivity index (χ3v) is 1.25. The van der Waals surface area contributed by atoms with Gasteiger partial charge in [-0.05, 0) is 5.56 Å². The zero-order valence-electron chi connectivity index (χ0n) is 6.08. The molecule has 0 heterocycles. The van der Waals surface area contributed by atoms with E-state index in [4.69, 9.17) is 6.42 Å². The molecule has 1 rings (SSSR count). The minimum Gasteiger partial charge on any atom is -0.356 e. The topological polar surface area (TPSA) is 21.3 Å². The number of hydrogen-bond acceptors (Lipinski definition) is 2. The number of benzene rings is 1. The molecule has 0 fully saturated rings. The van der Waals surface area contributed by atoms with Crippen molar-refractivity contribution in [2.24, 2.45) is 0 Å². The van der Waals surface area contributed by atoms with Gasteiger partial charge >= 0.3 is 0 Å². The van der Waals surface area contributed by atoms with Crippen LogP contribution in [0.3, 0.4) is 0 Å². The van der Waals surface area contributed by atoms with Crippen molar-refractivity contribution in [1.29, 1.82) is 0 Å². The van der Waals surface area contributed by atoms with Crippen LogP contribution in [0.1, 0.15) is 5.56 Å². The van der Waals surface area contributed by atoms with E-state index in [0.29, 0.717) is 6.54 Å². The van der Waals surface area contributed by atoms with Gasteiger partial charge in [0.2, 0.25) is 0 Å². The average Bonchev–Trinajstić information content (AvgIpc) is 2.07. The highest BCUT2D eigenvalue weighted by Gasteiger charge is 1.87. The maximum absolute atomic E-state index is 4.86. The minimum atomic E-state index is 0.630. The molecule has 0 unspecified atom stereocenters. The van der Waals surface area contributed by atoms with E-state index >= 15 is 0 Å². The summed E-state index contributed by atoms with van der Waals surface area (Å²) in [6, 6.07) is 9.88. The second kappa shape index (κ2) is 4.37. The van der Waals surface area contributed by atoms with E-state index in [9.17, 15) is 0 Å². The van der Waals surface area contributed by atoms with Crippen LogP contribution in [-0.4, -0.2) is 0 Å². The van der Waals surface area contributed by atoms with Gasteiger partial charge in [0.25, 0.3) is 0 Å². The van der Waals surface area contributed by atoms with Gasteiger partial charge in [0.15, 0.2) is 0 Å². The molecule has 0 bridgehead atoms. The van der Waals surface area contributed by atoms with E-state index in [2.05, 4.69) is 10.3 Å². The largest absolute Gasteiger partial charge is 0.356 e. The van der Waals surface area contributed by atoms with Gasteiger partial charge in [0.05, 0.1) is 6.54 Å². The molecule has 1 aromatic rings. The Bertz CT molecular complexity index is 237. The van der Waals surface area contributed by atoms with Gasteiger partial charge in [-0.2, -0.15) is 0 Å². The predicted octanol–water partition coefficient (Wildman–Crippen LogP) is 1.30. The molecular formula is C9H9NO. The van der Waals surface area contributed by atoms with Crippen LogP contribution in [0.5, 0.6) is 0 Å². The molecular weight excluding hydrogens is 138 g/mol. The Labute approximate surface area is 66.1 Å². The van der Waals surface area contributed by atoms with Gasteiger partial charge in [0, 0.05) is 0 Å². The molecule has 0 aromatic heterocycles. The zero-order valence-corrected chi connectivity index (χ0v) is 6.08. The van der Waals surface area contributed by atoms with Gasteiger partial charge in [-0.1, -0.05) is 36.8 Å². The maximum atomic E-state index is 4.86.